The van der Waals surface area contributed by atoms with Gasteiger partial charge >= 0.3 is 0 Å². The summed E-state index contributed by atoms with van der Waals surface area (Å²) >= 11 is 0. The van der Waals surface area contributed by atoms with E-state index in [1.54, 1.807) is 6.07 Å². The highest BCUT2D eigenvalue weighted by molar-refractivity contribution is 5.29. The third-order valence-electron chi connectivity index (χ3n) is 3.17. The zero-order chi connectivity index (χ0) is 13.5. The van der Waals surface area contributed by atoms with Crippen LogP contribution in [0.4, 0.5) is 4.39 Å². The molecule has 1 aliphatic rings. The van der Waals surface area contributed by atoms with Crippen LogP contribution in [0, 0.1) is 5.82 Å². The molecule has 0 amide bonds. The first kappa shape index (κ1) is 14.3. The van der Waals surface area contributed by atoms with Crippen LogP contribution >= 0.6 is 0 Å². The Hall–Kier alpha value is -1.13. The molecule has 1 fully saturated rings. The Kier molecular flexibility index (Phi) is 5.61. The average Bonchev–Trinajstić information content (AvgIpc) is 3.20. The molecule has 3 nitrogen and oxygen atoms in total. The number of ether oxygens (including phenoxy) is 1. The zero-order valence-electron chi connectivity index (χ0n) is 11.2. The number of aliphatic hydroxyl groups excluding tert-OH is 1. The standard InChI is InChI=1S/C15H22FNO2/c16-13-8-12(11-17-14-4-5-14)9-15(10-13)19-7-3-1-2-6-18/h8-10,14,17-18H,1-7,11H2. The Morgan fingerprint density at radius 3 is 2.79 bits per heavy atom. The molecule has 0 unspecified atom stereocenters. The zero-order valence-corrected chi connectivity index (χ0v) is 11.2. The van der Waals surface area contributed by atoms with Crippen LogP contribution in [0.25, 0.3) is 0 Å². The lowest BCUT2D eigenvalue weighted by Crippen LogP contribution is -2.15. The molecule has 0 bridgehead atoms. The van der Waals surface area contributed by atoms with E-state index in [0.717, 1.165) is 24.8 Å². The van der Waals surface area contributed by atoms with Gasteiger partial charge in [-0.2, -0.15) is 0 Å². The van der Waals surface area contributed by atoms with E-state index in [1.807, 2.05) is 6.07 Å². The molecule has 1 aliphatic carbocycles. The highest BCUT2D eigenvalue weighted by Gasteiger charge is 2.20. The quantitative estimate of drug-likeness (QED) is 0.676. The van der Waals surface area contributed by atoms with Gasteiger partial charge in [-0.25, -0.2) is 4.39 Å². The van der Waals surface area contributed by atoms with Gasteiger partial charge in [0, 0.05) is 25.3 Å². The van der Waals surface area contributed by atoms with E-state index in [0.29, 0.717) is 24.9 Å². The van der Waals surface area contributed by atoms with Crippen LogP contribution in [-0.2, 0) is 6.54 Å². The second kappa shape index (κ2) is 7.46. The van der Waals surface area contributed by atoms with E-state index in [2.05, 4.69) is 5.32 Å². The van der Waals surface area contributed by atoms with Gasteiger partial charge in [0.2, 0.25) is 0 Å². The van der Waals surface area contributed by atoms with Crippen LogP contribution in [0.2, 0.25) is 0 Å². The second-order valence-corrected chi connectivity index (χ2v) is 5.08. The summed E-state index contributed by atoms with van der Waals surface area (Å²) in [5.74, 6) is 0.344. The first-order valence-electron chi connectivity index (χ1n) is 7.04. The largest absolute Gasteiger partial charge is 0.493 e. The number of aliphatic hydroxyl groups is 1. The normalized spacial score (nSPS) is 14.6. The number of hydrogen-bond acceptors (Lipinski definition) is 3. The third kappa shape index (κ3) is 5.57. The molecule has 0 spiro atoms. The van der Waals surface area contributed by atoms with Crippen LogP contribution < -0.4 is 10.1 Å². The van der Waals surface area contributed by atoms with Crippen molar-refractivity contribution in [2.45, 2.75) is 44.7 Å². The minimum atomic E-state index is -0.250. The maximum absolute atomic E-state index is 13.5. The fourth-order valence-corrected chi connectivity index (χ4v) is 1.94. The van der Waals surface area contributed by atoms with Crippen molar-refractivity contribution < 1.29 is 14.2 Å². The number of hydrogen-bond donors (Lipinski definition) is 2. The first-order chi connectivity index (χ1) is 9.28. The van der Waals surface area contributed by atoms with Gasteiger partial charge in [0.15, 0.2) is 0 Å². The van der Waals surface area contributed by atoms with E-state index in [9.17, 15) is 4.39 Å². The Morgan fingerprint density at radius 2 is 2.05 bits per heavy atom. The average molecular weight is 267 g/mol. The molecule has 0 aliphatic heterocycles. The number of halogens is 1. The lowest BCUT2D eigenvalue weighted by molar-refractivity contribution is 0.265. The van der Waals surface area contributed by atoms with Gasteiger partial charge in [0.05, 0.1) is 6.61 Å². The van der Waals surface area contributed by atoms with Crippen LogP contribution in [0.5, 0.6) is 5.75 Å². The highest BCUT2D eigenvalue weighted by Crippen LogP contribution is 2.21. The van der Waals surface area contributed by atoms with Gasteiger partial charge in [-0.05, 0) is 49.8 Å². The smallest absolute Gasteiger partial charge is 0.127 e. The Labute approximate surface area is 113 Å². The molecule has 1 aromatic rings. The van der Waals surface area contributed by atoms with Crippen molar-refractivity contribution in [1.82, 2.24) is 5.32 Å². The minimum Gasteiger partial charge on any atom is -0.493 e. The summed E-state index contributed by atoms with van der Waals surface area (Å²) in [6, 6.07) is 5.48. The summed E-state index contributed by atoms with van der Waals surface area (Å²) in [5, 5.41) is 12.0. The molecule has 1 saturated carbocycles. The van der Waals surface area contributed by atoms with Crippen LogP contribution in [0.3, 0.4) is 0 Å². The molecular weight excluding hydrogens is 245 g/mol. The molecule has 1 aromatic carbocycles. The molecule has 0 atom stereocenters. The maximum Gasteiger partial charge on any atom is 0.127 e. The van der Waals surface area contributed by atoms with E-state index in [-0.39, 0.29) is 12.4 Å². The number of unbranched alkanes of at least 4 members (excludes halogenated alkanes) is 2. The lowest BCUT2D eigenvalue weighted by Gasteiger charge is -2.09. The van der Waals surface area contributed by atoms with Gasteiger partial charge in [-0.3, -0.25) is 0 Å². The molecule has 4 heteroatoms. The predicted octanol–water partition coefficient (Wildman–Crippen LogP) is 2.62. The van der Waals surface area contributed by atoms with Crippen molar-refractivity contribution in [2.75, 3.05) is 13.2 Å². The Morgan fingerprint density at radius 1 is 1.21 bits per heavy atom. The summed E-state index contributed by atoms with van der Waals surface area (Å²) in [6.45, 7) is 1.49. The molecule has 106 valence electrons. The van der Waals surface area contributed by atoms with Crippen molar-refractivity contribution in [3.63, 3.8) is 0 Å². The first-order valence-corrected chi connectivity index (χ1v) is 7.04. The van der Waals surface area contributed by atoms with Gasteiger partial charge in [-0.15, -0.1) is 0 Å². The fraction of sp³-hybridized carbons (Fsp3) is 0.600. The molecule has 19 heavy (non-hydrogen) atoms. The topological polar surface area (TPSA) is 41.5 Å². The maximum atomic E-state index is 13.5. The Balaban J connectivity index is 1.77. The molecule has 2 rings (SSSR count). The molecular formula is C15H22FNO2. The van der Waals surface area contributed by atoms with E-state index >= 15 is 0 Å². The number of benzene rings is 1. The number of nitrogens with one attached hydrogen (secondary N) is 1. The molecule has 0 saturated heterocycles. The Bertz CT molecular complexity index is 394. The van der Waals surface area contributed by atoms with E-state index in [1.165, 1.54) is 18.9 Å². The lowest BCUT2D eigenvalue weighted by atomic mass is 10.2. The predicted molar refractivity (Wildman–Crippen MR) is 72.7 cm³/mol. The van der Waals surface area contributed by atoms with Gasteiger partial charge in [0.1, 0.15) is 11.6 Å². The van der Waals surface area contributed by atoms with E-state index < -0.39 is 0 Å². The van der Waals surface area contributed by atoms with Crippen LogP contribution in [-0.4, -0.2) is 24.4 Å². The molecule has 0 radical (unpaired) electrons. The summed E-state index contributed by atoms with van der Waals surface area (Å²) in [6.07, 6.45) is 5.06. The van der Waals surface area contributed by atoms with Crippen molar-refractivity contribution in [3.8, 4) is 5.75 Å². The van der Waals surface area contributed by atoms with Crippen molar-refractivity contribution in [2.24, 2.45) is 0 Å². The molecule has 0 heterocycles. The summed E-state index contributed by atoms with van der Waals surface area (Å²) in [4.78, 5) is 0. The minimum absolute atomic E-state index is 0.219. The van der Waals surface area contributed by atoms with Crippen LogP contribution in [0.15, 0.2) is 18.2 Å². The van der Waals surface area contributed by atoms with Gasteiger partial charge < -0.3 is 15.2 Å². The summed E-state index contributed by atoms with van der Waals surface area (Å²) in [5.41, 5.74) is 0.928. The van der Waals surface area contributed by atoms with Gasteiger partial charge in [-0.1, -0.05) is 0 Å². The molecule has 2 N–H and O–H groups in total. The summed E-state index contributed by atoms with van der Waals surface area (Å²) in [7, 11) is 0. The van der Waals surface area contributed by atoms with Crippen LogP contribution in [0.1, 0.15) is 37.7 Å². The summed E-state index contributed by atoms with van der Waals surface area (Å²) < 4.78 is 19.0. The van der Waals surface area contributed by atoms with Crippen molar-refractivity contribution >= 4 is 0 Å². The molecule has 0 aromatic heterocycles. The van der Waals surface area contributed by atoms with Crippen molar-refractivity contribution in [3.05, 3.63) is 29.6 Å². The SMILES string of the molecule is OCCCCCOc1cc(F)cc(CNC2CC2)c1. The highest BCUT2D eigenvalue weighted by atomic mass is 19.1. The monoisotopic (exact) mass is 267 g/mol. The third-order valence-corrected chi connectivity index (χ3v) is 3.17. The van der Waals surface area contributed by atoms with E-state index in [4.69, 9.17) is 9.84 Å². The second-order valence-electron chi connectivity index (χ2n) is 5.08. The fourth-order valence-electron chi connectivity index (χ4n) is 1.94. The van der Waals surface area contributed by atoms with Crippen molar-refractivity contribution in [1.29, 1.82) is 0 Å². The van der Waals surface area contributed by atoms with Gasteiger partial charge in [0.25, 0.3) is 0 Å². The number of rotatable bonds is 9.